The molecule has 7 nitrogen and oxygen atoms in total. The van der Waals surface area contributed by atoms with Gasteiger partial charge in [0.1, 0.15) is 23.8 Å². The molecule has 0 saturated heterocycles. The van der Waals surface area contributed by atoms with E-state index in [1.54, 1.807) is 31.2 Å². The van der Waals surface area contributed by atoms with Crippen LogP contribution in [-0.2, 0) is 9.53 Å². The highest BCUT2D eigenvalue weighted by Crippen LogP contribution is 2.31. The van der Waals surface area contributed by atoms with Gasteiger partial charge in [-0.25, -0.2) is 18.6 Å². The zero-order valence-electron chi connectivity index (χ0n) is 18.8. The van der Waals surface area contributed by atoms with Crippen molar-refractivity contribution in [1.29, 1.82) is 0 Å². The number of carbonyl (C=O) groups excluding carboxylic acids is 2. The molecule has 0 radical (unpaired) electrons. The van der Waals surface area contributed by atoms with E-state index < -0.39 is 47.3 Å². The summed E-state index contributed by atoms with van der Waals surface area (Å²) in [4.78, 5) is 29.1. The van der Waals surface area contributed by atoms with E-state index in [2.05, 4.69) is 10.3 Å². The van der Waals surface area contributed by atoms with Crippen LogP contribution in [0.15, 0.2) is 60.8 Å². The molecule has 0 aliphatic rings. The number of esters is 1. The smallest absolute Gasteiger partial charge is 0.328 e. The van der Waals surface area contributed by atoms with Gasteiger partial charge in [0.05, 0.1) is 7.11 Å². The van der Waals surface area contributed by atoms with Crippen molar-refractivity contribution in [2.45, 2.75) is 31.9 Å². The summed E-state index contributed by atoms with van der Waals surface area (Å²) in [7, 11) is 1.33. The molecule has 0 aliphatic heterocycles. The van der Waals surface area contributed by atoms with Crippen molar-refractivity contribution in [2.24, 2.45) is 0 Å². The van der Waals surface area contributed by atoms with E-state index >= 15 is 0 Å². The SMILES string of the molecule is COc1ccnc(C(=O)N[C@H](C)C(=O)O[C@@H](C)C(c2ccc(F)cc2)c2ccc(F)cc2)c1O. The molecule has 0 aliphatic carbocycles. The van der Waals surface area contributed by atoms with E-state index in [0.29, 0.717) is 11.1 Å². The molecule has 0 unspecified atom stereocenters. The number of hydrogen-bond acceptors (Lipinski definition) is 6. The van der Waals surface area contributed by atoms with Gasteiger partial charge in [-0.1, -0.05) is 24.3 Å². The summed E-state index contributed by atoms with van der Waals surface area (Å²) in [6.07, 6.45) is 0.542. The van der Waals surface area contributed by atoms with E-state index in [1.165, 1.54) is 50.6 Å². The lowest BCUT2D eigenvalue weighted by Gasteiger charge is -2.26. The number of pyridine rings is 1. The van der Waals surface area contributed by atoms with Crippen molar-refractivity contribution in [3.05, 3.63) is 89.2 Å². The monoisotopic (exact) mass is 470 g/mol. The van der Waals surface area contributed by atoms with Crippen molar-refractivity contribution in [1.82, 2.24) is 10.3 Å². The number of nitrogens with zero attached hydrogens (tertiary/aromatic N) is 1. The molecule has 2 aromatic carbocycles. The van der Waals surface area contributed by atoms with Gasteiger partial charge in [-0.15, -0.1) is 0 Å². The predicted molar refractivity (Wildman–Crippen MR) is 120 cm³/mol. The van der Waals surface area contributed by atoms with Gasteiger partial charge in [-0.2, -0.15) is 0 Å². The number of nitrogens with one attached hydrogen (secondary N) is 1. The van der Waals surface area contributed by atoms with Gasteiger partial charge in [0.25, 0.3) is 5.91 Å². The minimum atomic E-state index is -1.08. The van der Waals surface area contributed by atoms with Crippen LogP contribution in [0.25, 0.3) is 0 Å². The van der Waals surface area contributed by atoms with Crippen molar-refractivity contribution < 1.29 is 33.0 Å². The van der Waals surface area contributed by atoms with Crippen LogP contribution < -0.4 is 10.1 Å². The van der Waals surface area contributed by atoms with Crippen molar-refractivity contribution in [3.63, 3.8) is 0 Å². The summed E-state index contributed by atoms with van der Waals surface area (Å²) in [5.74, 6) is -3.28. The van der Waals surface area contributed by atoms with Crippen LogP contribution in [0.1, 0.15) is 41.4 Å². The second kappa shape index (κ2) is 10.7. The van der Waals surface area contributed by atoms with Crippen LogP contribution in [0.2, 0.25) is 0 Å². The molecule has 0 fully saturated rings. The van der Waals surface area contributed by atoms with E-state index in [1.807, 2.05) is 0 Å². The van der Waals surface area contributed by atoms with E-state index in [-0.39, 0.29) is 11.4 Å². The number of rotatable bonds is 8. The minimum absolute atomic E-state index is 0.0606. The molecule has 34 heavy (non-hydrogen) atoms. The van der Waals surface area contributed by atoms with Crippen molar-refractivity contribution >= 4 is 11.9 Å². The molecule has 3 aromatic rings. The summed E-state index contributed by atoms with van der Waals surface area (Å²) in [6.45, 7) is 3.08. The number of hydrogen-bond donors (Lipinski definition) is 2. The predicted octanol–water partition coefficient (Wildman–Crippen LogP) is 3.96. The van der Waals surface area contributed by atoms with Gasteiger partial charge < -0.3 is 19.9 Å². The lowest BCUT2D eigenvalue weighted by Crippen LogP contribution is -2.41. The van der Waals surface area contributed by atoms with Crippen LogP contribution in [0, 0.1) is 11.6 Å². The molecule has 3 rings (SSSR count). The Morgan fingerprint density at radius 1 is 0.941 bits per heavy atom. The Hall–Kier alpha value is -4.01. The van der Waals surface area contributed by atoms with E-state index in [4.69, 9.17) is 9.47 Å². The Kier molecular flexibility index (Phi) is 7.78. The lowest BCUT2D eigenvalue weighted by molar-refractivity contribution is -0.150. The molecule has 178 valence electrons. The maximum absolute atomic E-state index is 13.5. The zero-order chi connectivity index (χ0) is 24.8. The summed E-state index contributed by atoms with van der Waals surface area (Å²) < 4.78 is 37.5. The second-order valence-electron chi connectivity index (χ2n) is 7.63. The molecular formula is C25H24F2N2O5. The fourth-order valence-electron chi connectivity index (χ4n) is 3.52. The quantitative estimate of drug-likeness (QED) is 0.484. The highest BCUT2D eigenvalue weighted by molar-refractivity contribution is 5.97. The third-order valence-electron chi connectivity index (χ3n) is 5.25. The fraction of sp³-hybridized carbons (Fsp3) is 0.240. The summed E-state index contributed by atoms with van der Waals surface area (Å²) in [5, 5.41) is 12.5. The third-order valence-corrected chi connectivity index (χ3v) is 5.25. The second-order valence-corrected chi connectivity index (χ2v) is 7.63. The first-order chi connectivity index (χ1) is 16.2. The number of aromatic nitrogens is 1. The zero-order valence-corrected chi connectivity index (χ0v) is 18.8. The van der Waals surface area contributed by atoms with Gasteiger partial charge in [0.15, 0.2) is 17.2 Å². The Labute approximate surface area is 195 Å². The van der Waals surface area contributed by atoms with Gasteiger partial charge in [0, 0.05) is 18.2 Å². The number of carbonyl (C=O) groups is 2. The molecule has 9 heteroatoms. The highest BCUT2D eigenvalue weighted by Gasteiger charge is 2.28. The van der Waals surface area contributed by atoms with Crippen molar-refractivity contribution in [2.75, 3.05) is 7.11 Å². The van der Waals surface area contributed by atoms with Gasteiger partial charge >= 0.3 is 5.97 Å². The Morgan fingerprint density at radius 2 is 1.47 bits per heavy atom. The standard InChI is InChI=1S/C25H24F2N2O5/c1-14(29-24(31)22-23(30)20(33-3)12-13-28-22)25(32)34-15(2)21(16-4-8-18(26)9-5-16)17-6-10-19(27)11-7-17/h4-15,21,30H,1-3H3,(H,29,31)/t14-,15+/m1/s1. The molecule has 2 atom stereocenters. The maximum Gasteiger partial charge on any atom is 0.328 e. The Morgan fingerprint density at radius 3 is 1.97 bits per heavy atom. The molecular weight excluding hydrogens is 446 g/mol. The first kappa shape index (κ1) is 24.6. The average molecular weight is 470 g/mol. The number of ether oxygens (including phenoxy) is 2. The molecule has 1 aromatic heterocycles. The maximum atomic E-state index is 13.5. The van der Waals surface area contributed by atoms with Crippen LogP contribution in [-0.4, -0.2) is 41.2 Å². The van der Waals surface area contributed by atoms with Crippen LogP contribution in [0.3, 0.4) is 0 Å². The minimum Gasteiger partial charge on any atom is -0.503 e. The summed E-state index contributed by atoms with van der Waals surface area (Å²) in [6, 6.07) is 11.7. The molecule has 1 amide bonds. The first-order valence-corrected chi connectivity index (χ1v) is 10.5. The van der Waals surface area contributed by atoms with Gasteiger partial charge in [-0.3, -0.25) is 4.79 Å². The molecule has 1 heterocycles. The van der Waals surface area contributed by atoms with Gasteiger partial charge in [0.2, 0.25) is 0 Å². The van der Waals surface area contributed by atoms with Crippen LogP contribution >= 0.6 is 0 Å². The Balaban J connectivity index is 1.76. The van der Waals surface area contributed by atoms with E-state index in [0.717, 1.165) is 0 Å². The number of benzene rings is 2. The van der Waals surface area contributed by atoms with E-state index in [9.17, 15) is 23.5 Å². The highest BCUT2D eigenvalue weighted by atomic mass is 19.1. The number of amides is 1. The largest absolute Gasteiger partial charge is 0.503 e. The first-order valence-electron chi connectivity index (χ1n) is 10.5. The summed E-state index contributed by atoms with van der Waals surface area (Å²) in [5.41, 5.74) is 1.02. The topological polar surface area (TPSA) is 97.8 Å². The lowest BCUT2D eigenvalue weighted by atomic mass is 9.87. The molecule has 0 spiro atoms. The molecule has 2 N–H and O–H groups in total. The normalized spacial score (nSPS) is 12.6. The van der Waals surface area contributed by atoms with Crippen LogP contribution in [0.4, 0.5) is 8.78 Å². The molecule has 0 bridgehead atoms. The number of methoxy groups -OCH3 is 1. The Bertz CT molecular complexity index is 1110. The average Bonchev–Trinajstić information content (AvgIpc) is 2.81. The van der Waals surface area contributed by atoms with Crippen LogP contribution in [0.5, 0.6) is 11.5 Å². The summed E-state index contributed by atoms with van der Waals surface area (Å²) >= 11 is 0. The third kappa shape index (κ3) is 5.67. The number of halogens is 2. The number of aromatic hydroxyl groups is 1. The molecule has 0 saturated carbocycles. The fourth-order valence-corrected chi connectivity index (χ4v) is 3.52. The van der Waals surface area contributed by atoms with Gasteiger partial charge in [-0.05, 0) is 49.2 Å². The van der Waals surface area contributed by atoms with Crippen molar-refractivity contribution in [3.8, 4) is 11.5 Å².